The van der Waals surface area contributed by atoms with Crippen LogP contribution in [-0.2, 0) is 17.9 Å². The van der Waals surface area contributed by atoms with Crippen LogP contribution in [0.1, 0.15) is 49.7 Å². The van der Waals surface area contributed by atoms with E-state index in [-0.39, 0.29) is 11.6 Å². The second-order valence-corrected chi connectivity index (χ2v) is 6.97. The van der Waals surface area contributed by atoms with Crippen LogP contribution in [0.3, 0.4) is 0 Å². The highest BCUT2D eigenvalue weighted by Crippen LogP contribution is 2.37. The molecule has 0 aromatic heterocycles. The molecule has 0 radical (unpaired) electrons. The summed E-state index contributed by atoms with van der Waals surface area (Å²) in [6.07, 6.45) is 10.4. The van der Waals surface area contributed by atoms with Gasteiger partial charge in [0.05, 0.1) is 0 Å². The Morgan fingerprint density at radius 1 is 1.24 bits per heavy atom. The van der Waals surface area contributed by atoms with Crippen LogP contribution in [0.15, 0.2) is 34.5 Å². The maximum absolute atomic E-state index is 12.1. The first kappa shape index (κ1) is 17.6. The van der Waals surface area contributed by atoms with Crippen molar-refractivity contribution in [3.05, 3.63) is 35.4 Å². The fraction of sp³-hybridized carbons (Fsp3) is 0.550. The molecule has 0 unspecified atom stereocenters. The van der Waals surface area contributed by atoms with Gasteiger partial charge < -0.3 is 5.32 Å². The van der Waals surface area contributed by atoms with E-state index in [4.69, 9.17) is 6.42 Å². The Morgan fingerprint density at radius 2 is 2.00 bits per heavy atom. The third-order valence-electron chi connectivity index (χ3n) is 4.89. The first-order chi connectivity index (χ1) is 12.2. The number of benzene rings is 1. The summed E-state index contributed by atoms with van der Waals surface area (Å²) < 4.78 is 0. The van der Waals surface area contributed by atoms with Gasteiger partial charge in [-0.2, -0.15) is 10.2 Å². The molecule has 0 saturated carbocycles. The van der Waals surface area contributed by atoms with Crippen molar-refractivity contribution in [2.45, 2.75) is 57.3 Å². The zero-order valence-electron chi connectivity index (χ0n) is 14.7. The largest absolute Gasteiger partial charge is 0.352 e. The molecule has 1 fully saturated rings. The third kappa shape index (κ3) is 5.40. The first-order valence-corrected chi connectivity index (χ1v) is 9.13. The van der Waals surface area contributed by atoms with Crippen molar-refractivity contribution in [3.63, 3.8) is 0 Å². The monoisotopic (exact) mass is 338 g/mol. The number of amides is 1. The first-order valence-electron chi connectivity index (χ1n) is 9.13. The summed E-state index contributed by atoms with van der Waals surface area (Å²) in [5.41, 5.74) is 2.09. The lowest BCUT2D eigenvalue weighted by Gasteiger charge is -2.15. The number of terminal acetylenes is 1. The van der Waals surface area contributed by atoms with Gasteiger partial charge in [0, 0.05) is 38.8 Å². The zero-order valence-corrected chi connectivity index (χ0v) is 14.7. The van der Waals surface area contributed by atoms with Gasteiger partial charge >= 0.3 is 0 Å². The van der Waals surface area contributed by atoms with Crippen molar-refractivity contribution in [1.29, 1.82) is 0 Å². The van der Waals surface area contributed by atoms with E-state index in [0.29, 0.717) is 25.8 Å². The lowest BCUT2D eigenvalue weighted by atomic mass is 10.0. The molecule has 0 aliphatic carbocycles. The summed E-state index contributed by atoms with van der Waals surface area (Å²) in [7, 11) is 0. The number of carbonyl (C=O) groups excluding carboxylic acids is 1. The average molecular weight is 338 g/mol. The van der Waals surface area contributed by atoms with E-state index >= 15 is 0 Å². The van der Waals surface area contributed by atoms with E-state index in [1.54, 1.807) is 0 Å². The van der Waals surface area contributed by atoms with Gasteiger partial charge in [-0.1, -0.05) is 24.3 Å². The van der Waals surface area contributed by atoms with Crippen LogP contribution in [0.5, 0.6) is 0 Å². The van der Waals surface area contributed by atoms with Gasteiger partial charge in [-0.05, 0) is 37.1 Å². The topological polar surface area (TPSA) is 57.1 Å². The molecule has 1 aromatic rings. The van der Waals surface area contributed by atoms with Crippen molar-refractivity contribution >= 4 is 5.91 Å². The summed E-state index contributed by atoms with van der Waals surface area (Å²) in [5.74, 6) is 2.65. The average Bonchev–Trinajstić information content (AvgIpc) is 3.22. The van der Waals surface area contributed by atoms with E-state index < -0.39 is 0 Å². The second kappa shape index (κ2) is 8.26. The molecule has 0 bridgehead atoms. The van der Waals surface area contributed by atoms with E-state index in [9.17, 15) is 4.79 Å². The summed E-state index contributed by atoms with van der Waals surface area (Å²) in [6, 6.07) is 8.49. The summed E-state index contributed by atoms with van der Waals surface area (Å²) in [5, 5.41) is 11.1. The minimum atomic E-state index is -0.376. The molecule has 132 valence electrons. The van der Waals surface area contributed by atoms with Gasteiger partial charge in [0.1, 0.15) is 0 Å². The van der Waals surface area contributed by atoms with Gasteiger partial charge in [-0.15, -0.1) is 12.3 Å². The maximum Gasteiger partial charge on any atom is 0.220 e. The smallest absolute Gasteiger partial charge is 0.220 e. The van der Waals surface area contributed by atoms with E-state index in [1.165, 1.54) is 31.5 Å². The van der Waals surface area contributed by atoms with Gasteiger partial charge in [-0.25, -0.2) is 0 Å². The highest BCUT2D eigenvalue weighted by Gasteiger charge is 2.39. The molecule has 1 amide bonds. The number of carbonyl (C=O) groups is 1. The van der Waals surface area contributed by atoms with Crippen LogP contribution in [0.25, 0.3) is 0 Å². The number of hydrogen-bond donors (Lipinski definition) is 1. The fourth-order valence-electron chi connectivity index (χ4n) is 3.31. The van der Waals surface area contributed by atoms with Gasteiger partial charge in [0.15, 0.2) is 5.66 Å². The molecule has 2 aliphatic rings. The van der Waals surface area contributed by atoms with Crippen molar-refractivity contribution in [1.82, 2.24) is 10.2 Å². The lowest BCUT2D eigenvalue weighted by molar-refractivity contribution is -0.121. The highest BCUT2D eigenvalue weighted by molar-refractivity contribution is 5.76. The minimum Gasteiger partial charge on any atom is -0.352 e. The van der Waals surface area contributed by atoms with Crippen LogP contribution in [-0.4, -0.2) is 29.6 Å². The zero-order chi connectivity index (χ0) is 17.5. The quantitative estimate of drug-likeness (QED) is 0.703. The van der Waals surface area contributed by atoms with Crippen molar-refractivity contribution in [2.24, 2.45) is 10.2 Å². The standard InChI is InChI=1S/C20H26N4O/c1-2-3-10-20(22-23-20)11-9-19(25)21-15-17-7-6-8-18(14-17)16-24-12-4-5-13-24/h1,6-8,14H,3-5,9-13,15-16H2,(H,21,25). The number of nitrogens with one attached hydrogen (secondary N) is 1. The molecule has 5 nitrogen and oxygen atoms in total. The van der Waals surface area contributed by atoms with E-state index in [1.807, 2.05) is 0 Å². The van der Waals surface area contributed by atoms with Gasteiger partial charge in [-0.3, -0.25) is 9.69 Å². The summed E-state index contributed by atoms with van der Waals surface area (Å²) >= 11 is 0. The van der Waals surface area contributed by atoms with Crippen molar-refractivity contribution < 1.29 is 4.79 Å². The molecule has 3 rings (SSSR count). The molecule has 1 N–H and O–H groups in total. The number of hydrogen-bond acceptors (Lipinski definition) is 4. The summed E-state index contributed by atoms with van der Waals surface area (Å²) in [4.78, 5) is 14.6. The van der Waals surface area contributed by atoms with Crippen LogP contribution in [0.2, 0.25) is 0 Å². The number of rotatable bonds is 9. The van der Waals surface area contributed by atoms with Crippen molar-refractivity contribution in [3.8, 4) is 12.3 Å². The normalized spacial score (nSPS) is 18.0. The fourth-order valence-corrected chi connectivity index (χ4v) is 3.31. The minimum absolute atomic E-state index is 0.0438. The number of nitrogens with zero attached hydrogens (tertiary/aromatic N) is 3. The Balaban J connectivity index is 1.40. The van der Waals surface area contributed by atoms with E-state index in [0.717, 1.165) is 18.5 Å². The Kier molecular flexibility index (Phi) is 5.83. The van der Waals surface area contributed by atoms with Crippen LogP contribution >= 0.6 is 0 Å². The molecule has 2 aliphatic heterocycles. The predicted molar refractivity (Wildman–Crippen MR) is 97.7 cm³/mol. The Bertz CT molecular complexity index is 665. The predicted octanol–water partition coefficient (Wildman–Crippen LogP) is 3.25. The van der Waals surface area contributed by atoms with Gasteiger partial charge in [0.25, 0.3) is 0 Å². The highest BCUT2D eigenvalue weighted by atomic mass is 16.1. The Labute approximate surface area is 149 Å². The number of likely N-dealkylation sites (tertiary alicyclic amines) is 1. The molecule has 0 atom stereocenters. The molecule has 1 saturated heterocycles. The van der Waals surface area contributed by atoms with Crippen molar-refractivity contribution in [2.75, 3.05) is 13.1 Å². The Hall–Kier alpha value is -2.19. The second-order valence-electron chi connectivity index (χ2n) is 6.97. The molecule has 5 heteroatoms. The summed E-state index contributed by atoms with van der Waals surface area (Å²) in [6.45, 7) is 3.96. The van der Waals surface area contributed by atoms with Crippen LogP contribution < -0.4 is 5.32 Å². The van der Waals surface area contributed by atoms with Gasteiger partial charge in [0.2, 0.25) is 5.91 Å². The molecule has 0 spiro atoms. The maximum atomic E-state index is 12.1. The van der Waals surface area contributed by atoms with Crippen LogP contribution in [0, 0.1) is 12.3 Å². The third-order valence-corrected chi connectivity index (χ3v) is 4.89. The molecule has 25 heavy (non-hydrogen) atoms. The van der Waals surface area contributed by atoms with E-state index in [2.05, 4.69) is 50.6 Å². The molecular weight excluding hydrogens is 312 g/mol. The molecule has 1 aromatic carbocycles. The Morgan fingerprint density at radius 3 is 2.72 bits per heavy atom. The molecular formula is C20H26N4O. The lowest BCUT2D eigenvalue weighted by Crippen LogP contribution is -2.25. The van der Waals surface area contributed by atoms with Crippen LogP contribution in [0.4, 0.5) is 0 Å². The SMILES string of the molecule is C#CCCC1(CCC(=O)NCc2cccc(CN3CCCC3)c2)N=N1. The molecule has 2 heterocycles.